The molecule has 0 radical (unpaired) electrons. The van der Waals surface area contributed by atoms with Gasteiger partial charge in [-0.25, -0.2) is 77.4 Å². The molecule has 48 heteroatoms. The van der Waals surface area contributed by atoms with E-state index in [2.05, 4.69) is 61.6 Å². The fourth-order valence-electron chi connectivity index (χ4n) is 7.06. The second-order valence-corrected chi connectivity index (χ2v) is 67.0. The Balaban J connectivity index is -0.000000116. The zero-order valence-corrected chi connectivity index (χ0v) is 98.0. The minimum atomic E-state index is -3.44. The number of carbonyl (C=O) groups excluding carboxylic acids is 3. The maximum absolute atomic E-state index is 11.7. The molecule has 9 N–H and O–H groups in total. The minimum Gasteiger partial charge on any atom is -0.373 e. The van der Waals surface area contributed by atoms with Crippen LogP contribution in [0, 0.1) is 76.9 Å². The van der Waals surface area contributed by atoms with Gasteiger partial charge in [-0.05, 0) is 154 Å². The molecule has 1 rings (SSSR count). The standard InChI is InChI=1S/C8H17NOS.C8H17O2PS.C7H17O4PS.C7H14O2.C6H15NO2S.C6H13NO2S.C6H14O3S.3C6H13O2P.C6H14O2S.C5H11NO3S.C5H13NO2S/c1-8(2)7-9-5-4-6-11(9,3)10;1-7(2)4-5-11(10,12)6-8(3)9;1-7(2)4-5-13(10,11)6-12(3,8)9;1-6(2)4-9-5-7(3)8;2*1-6(2)4-5-10(8,9)7-3;1-6(2)4-9-5-10(3,7)8;3*1-6(2)4-5-9(3,7)8;1-4-9(7,8)5-6(2)3;1-4(2)5(7)6-10(3,8)9;1-5(2)4-6-9(3,7)8/h8H,3-7H2,1-2H3;7H,4-6H2,1-3H3,(H,10,12);7H,4-6H2,1-3H3,(H,8,9);6H,4-5H2,1-3H3;6-7H,4-5H2,1-3H3;4-7H,1-3H3;6H,4-5H2,1-3H3;3*4-6H,1-3H3,(H,7,8);6H,4-5H2,1-3H3;4H,1-3H3,(H,6,7);5-6H,4H2,1-3H3/b;;;;;5-4+;;3*5-4+;;;. The lowest BCUT2D eigenvalue weighted by Gasteiger charge is -2.19. The number of rotatable bonds is 41. The first-order valence-corrected chi connectivity index (χ1v) is 69.3. The van der Waals surface area contributed by atoms with Crippen molar-refractivity contribution < 1.29 is 130 Å². The molecule has 130 heavy (non-hydrogen) atoms. The summed E-state index contributed by atoms with van der Waals surface area (Å²) < 4.78 is 225. The van der Waals surface area contributed by atoms with Crippen LogP contribution in [0.3, 0.4) is 0 Å². The van der Waals surface area contributed by atoms with Crippen molar-refractivity contribution in [1.82, 2.24) is 23.2 Å². The van der Waals surface area contributed by atoms with E-state index in [1.165, 1.54) is 70.8 Å². The zero-order chi connectivity index (χ0) is 107. The van der Waals surface area contributed by atoms with Crippen molar-refractivity contribution in [1.29, 1.82) is 0 Å². The monoisotopic (exact) mass is 2150 g/mol. The summed E-state index contributed by atoms with van der Waals surface area (Å²) in [5.41, 5.74) is -0.591. The summed E-state index contributed by atoms with van der Waals surface area (Å²) in [6, 6.07) is 0. The lowest BCUT2D eigenvalue weighted by atomic mass is 10.2. The summed E-state index contributed by atoms with van der Waals surface area (Å²) in [6.07, 6.45) is 11.9. The van der Waals surface area contributed by atoms with E-state index in [9.17, 15) is 101 Å². The molecule has 6 unspecified atom stereocenters. The Morgan fingerprint density at radius 1 is 0.508 bits per heavy atom. The highest BCUT2D eigenvalue weighted by molar-refractivity contribution is 8.12. The van der Waals surface area contributed by atoms with Crippen molar-refractivity contribution >= 4 is 150 Å². The predicted octanol–water partition coefficient (Wildman–Crippen LogP) is 14.6. The second-order valence-electron chi connectivity index (χ2n) is 36.6. The fourth-order valence-corrected chi connectivity index (χ4v) is 22.4. The average molecular weight is 2150 g/mol. The molecule has 1 aliphatic heterocycles. The van der Waals surface area contributed by atoms with Crippen LogP contribution in [0.15, 0.2) is 47.2 Å². The number of amides is 1. The fraction of sp³-hybridized carbons (Fsp3) is 0.854. The molecule has 0 aromatic rings. The molecule has 790 valence electrons. The highest BCUT2D eigenvalue weighted by Crippen LogP contribution is 2.42. The third kappa shape index (κ3) is 163. The summed E-state index contributed by atoms with van der Waals surface area (Å²) in [5, 5.41) is 1.18. The van der Waals surface area contributed by atoms with Crippen molar-refractivity contribution in [2.45, 2.75) is 226 Å². The van der Waals surface area contributed by atoms with Gasteiger partial charge in [0, 0.05) is 91.7 Å². The summed E-state index contributed by atoms with van der Waals surface area (Å²) in [7, 11) is -32.6. The Labute approximate surface area is 799 Å². The number of Topliss-reactive ketones (excluding diaryl/α,β-unsaturated/α-hetero) is 2. The number of sulfone groups is 3. The van der Waals surface area contributed by atoms with Gasteiger partial charge in [0.1, 0.15) is 33.7 Å². The van der Waals surface area contributed by atoms with Crippen LogP contribution in [-0.4, -0.2) is 267 Å². The van der Waals surface area contributed by atoms with Gasteiger partial charge in [-0.2, -0.15) is 0 Å². The van der Waals surface area contributed by atoms with Crippen molar-refractivity contribution in [3.8, 4) is 0 Å². The van der Waals surface area contributed by atoms with Crippen LogP contribution < -0.4 is 18.9 Å². The summed E-state index contributed by atoms with van der Waals surface area (Å²) in [6.45, 7) is 64.6. The van der Waals surface area contributed by atoms with Crippen LogP contribution in [0.25, 0.3) is 0 Å². The van der Waals surface area contributed by atoms with Gasteiger partial charge in [-0.1, -0.05) is 223 Å². The summed E-state index contributed by atoms with van der Waals surface area (Å²) in [4.78, 5) is 76.4. The largest absolute Gasteiger partial charge is 0.373 e. The Hall–Kier alpha value is -1.43. The van der Waals surface area contributed by atoms with Crippen LogP contribution >= 0.6 is 35.7 Å². The van der Waals surface area contributed by atoms with E-state index >= 15 is 0 Å². The van der Waals surface area contributed by atoms with Crippen LogP contribution in [0.1, 0.15) is 226 Å². The number of sulfonamides is 4. The smallest absolute Gasteiger partial charge is 0.235 e. The van der Waals surface area contributed by atoms with Gasteiger partial charge in [-0.3, -0.25) is 41.6 Å². The van der Waals surface area contributed by atoms with Crippen molar-refractivity contribution in [3.63, 3.8) is 0 Å². The highest BCUT2D eigenvalue weighted by atomic mass is 32.4. The van der Waals surface area contributed by atoms with Crippen LogP contribution in [0.5, 0.6) is 0 Å². The highest BCUT2D eigenvalue weighted by Gasteiger charge is 2.24. The quantitative estimate of drug-likeness (QED) is 0.0203. The Morgan fingerprint density at radius 3 is 1.10 bits per heavy atom. The van der Waals surface area contributed by atoms with Gasteiger partial charge in [0.05, 0.1) is 48.8 Å². The maximum atomic E-state index is 11.7. The number of allylic oxidation sites excluding steroid dienone is 4. The second kappa shape index (κ2) is 79.3. The van der Waals surface area contributed by atoms with Crippen molar-refractivity contribution in [2.75, 3.05) is 151 Å². The van der Waals surface area contributed by atoms with E-state index in [-0.39, 0.29) is 65.3 Å². The van der Waals surface area contributed by atoms with E-state index in [4.69, 9.17) is 40.9 Å². The Morgan fingerprint density at radius 2 is 0.885 bits per heavy atom. The van der Waals surface area contributed by atoms with Crippen LogP contribution in [0.2, 0.25) is 0 Å². The number of ketones is 2. The molecule has 6 atom stereocenters. The molecule has 1 amide bonds. The van der Waals surface area contributed by atoms with Crippen molar-refractivity contribution in [3.05, 3.63) is 47.2 Å². The first-order valence-electron chi connectivity index (χ1n) is 42.8. The van der Waals surface area contributed by atoms with Gasteiger partial charge in [0.25, 0.3) is 0 Å². The lowest BCUT2D eigenvalue weighted by molar-refractivity contribution is -0.122. The molecule has 1 fully saturated rings. The molecule has 0 aromatic carbocycles. The molecule has 34 nitrogen and oxygen atoms in total. The van der Waals surface area contributed by atoms with E-state index in [1.807, 2.05) is 134 Å². The molecular weight excluding hydrogens is 1960 g/mol. The SMILES string of the molecule is C=S1(=O)CCCN1CC(C)C.CC(=O)COCC(C)C.CC(=O)CP(O)(=S)CCC(C)C.CC(C)/C=C/P(C)(=O)O.CC(C)/C=C/P(C)(=O)O.CC(C)/C=C/P(C)(=O)O.CC(C)C(=O)NS(C)(=O)=O.CC(C)CCS(=O)(=O)CP(C)(=O)O.CC(C)CNS(C)(=O)=O.CC(C)COCS(C)(=O)=O.CCS(=O)(=O)CC(C)C.CNS(=O)(=O)/C=C/C(C)C.CNS(=O)(=O)CCC(C)C. The maximum Gasteiger partial charge on any atom is 0.235 e. The molecule has 0 bridgehead atoms. The van der Waals surface area contributed by atoms with E-state index in [0.29, 0.717) is 97.3 Å². The number of hydrogen-bond donors (Lipinski definition) is 9. The number of hydrogen-bond acceptors (Lipinski definition) is 25. The third-order valence-electron chi connectivity index (χ3n) is 13.4. The topological polar surface area (TPSA) is 547 Å². The predicted molar refractivity (Wildman–Crippen MR) is 556 cm³/mol. The molecule has 0 aromatic heterocycles. The normalized spacial score (nSPS) is 16.2. The molecule has 1 aliphatic rings. The molecule has 0 aliphatic carbocycles. The van der Waals surface area contributed by atoms with Gasteiger partial charge in [-0.15, -0.1) is 0 Å². The van der Waals surface area contributed by atoms with E-state index < -0.39 is 126 Å². The average Bonchev–Trinajstić information content (AvgIpc) is 1.70. The van der Waals surface area contributed by atoms with Crippen LogP contribution in [0.4, 0.5) is 0 Å². The van der Waals surface area contributed by atoms with Gasteiger partial charge in [0.15, 0.2) is 25.5 Å². The minimum absolute atomic E-state index is 0.00303. The van der Waals surface area contributed by atoms with Crippen LogP contribution in [-0.2, 0) is 133 Å². The third-order valence-corrected chi connectivity index (χ3v) is 31.4. The number of nitrogens with one attached hydrogen (secondary N) is 4. The molecule has 0 saturated carbocycles. The zero-order valence-electron chi connectivity index (χ0n) is 86.2. The number of carbonyl (C=O) groups is 3. The summed E-state index contributed by atoms with van der Waals surface area (Å²) in [5.74, 6) is 13.4. The van der Waals surface area contributed by atoms with Crippen molar-refractivity contribution in [2.24, 2.45) is 76.9 Å². The number of ether oxygens (including phenoxy) is 2. The molecular formula is C82H184N5O29P5S9. The number of nitrogens with zero attached hydrogens (tertiary/aromatic N) is 1. The Kier molecular flexibility index (Phi) is 93.9. The lowest BCUT2D eigenvalue weighted by Crippen LogP contribution is -2.32. The summed E-state index contributed by atoms with van der Waals surface area (Å²) >= 11 is 4.98. The first-order chi connectivity index (χ1) is 57.4. The van der Waals surface area contributed by atoms with Gasteiger partial charge in [0.2, 0.25) is 75.5 Å². The molecule has 1 saturated heterocycles. The Bertz CT molecular complexity index is 4250. The molecule has 1 heterocycles. The van der Waals surface area contributed by atoms with Gasteiger partial charge < -0.3 is 33.9 Å². The first kappa shape index (κ1) is 154. The van der Waals surface area contributed by atoms with E-state index in [0.717, 1.165) is 63.5 Å². The van der Waals surface area contributed by atoms with Gasteiger partial charge >= 0.3 is 0 Å². The van der Waals surface area contributed by atoms with E-state index in [1.54, 1.807) is 45.1 Å². The molecule has 0 spiro atoms.